The SMILES string of the molecule is CC1C(=O)N2C[C@@H](C)CC2C(=O)N1C. The van der Waals surface area contributed by atoms with Crippen LogP contribution in [0.1, 0.15) is 20.3 Å². The van der Waals surface area contributed by atoms with Crippen molar-refractivity contribution in [2.24, 2.45) is 5.92 Å². The predicted molar refractivity (Wildman–Crippen MR) is 51.5 cm³/mol. The molecule has 0 spiro atoms. The zero-order valence-corrected chi connectivity index (χ0v) is 8.86. The summed E-state index contributed by atoms with van der Waals surface area (Å²) >= 11 is 0. The molecule has 78 valence electrons. The first-order chi connectivity index (χ1) is 6.52. The van der Waals surface area contributed by atoms with Gasteiger partial charge in [-0.2, -0.15) is 0 Å². The van der Waals surface area contributed by atoms with Crippen molar-refractivity contribution >= 4 is 11.8 Å². The summed E-state index contributed by atoms with van der Waals surface area (Å²) < 4.78 is 0. The van der Waals surface area contributed by atoms with Crippen LogP contribution in [0, 0.1) is 5.92 Å². The maximum Gasteiger partial charge on any atom is 0.245 e. The number of carbonyl (C=O) groups excluding carboxylic acids is 2. The molecule has 4 nitrogen and oxygen atoms in total. The number of amides is 2. The van der Waals surface area contributed by atoms with Crippen molar-refractivity contribution in [3.63, 3.8) is 0 Å². The molecule has 0 aromatic heterocycles. The summed E-state index contributed by atoms with van der Waals surface area (Å²) in [5.41, 5.74) is 0. The number of carbonyl (C=O) groups is 2. The first-order valence-electron chi connectivity index (χ1n) is 5.09. The molecule has 0 N–H and O–H groups in total. The number of rotatable bonds is 0. The molecule has 0 saturated carbocycles. The summed E-state index contributed by atoms with van der Waals surface area (Å²) in [6, 6.07) is -0.470. The molecule has 4 heteroatoms. The molecule has 0 bridgehead atoms. The Morgan fingerprint density at radius 1 is 1.21 bits per heavy atom. The average molecular weight is 196 g/mol. The molecule has 2 amide bonds. The summed E-state index contributed by atoms with van der Waals surface area (Å²) in [5.74, 6) is 0.648. The molecule has 0 aromatic rings. The average Bonchev–Trinajstić information content (AvgIpc) is 2.54. The van der Waals surface area contributed by atoms with Gasteiger partial charge in [0, 0.05) is 13.6 Å². The fourth-order valence-electron chi connectivity index (χ4n) is 2.36. The van der Waals surface area contributed by atoms with Gasteiger partial charge in [-0.15, -0.1) is 0 Å². The molecule has 2 fully saturated rings. The Hall–Kier alpha value is -1.06. The van der Waals surface area contributed by atoms with E-state index in [0.717, 1.165) is 13.0 Å². The minimum atomic E-state index is -0.288. The van der Waals surface area contributed by atoms with Gasteiger partial charge in [0.25, 0.3) is 0 Å². The quantitative estimate of drug-likeness (QED) is 0.550. The second kappa shape index (κ2) is 2.97. The van der Waals surface area contributed by atoms with E-state index in [9.17, 15) is 9.59 Å². The van der Waals surface area contributed by atoms with E-state index in [1.54, 1.807) is 23.8 Å². The van der Waals surface area contributed by atoms with Crippen molar-refractivity contribution in [3.05, 3.63) is 0 Å². The van der Waals surface area contributed by atoms with E-state index in [2.05, 4.69) is 6.92 Å². The number of nitrogens with zero attached hydrogens (tertiary/aromatic N) is 2. The number of piperazine rings is 1. The van der Waals surface area contributed by atoms with Crippen LogP contribution in [-0.4, -0.2) is 47.3 Å². The summed E-state index contributed by atoms with van der Waals surface area (Å²) in [6.07, 6.45) is 0.821. The highest BCUT2D eigenvalue weighted by Gasteiger charge is 2.46. The Kier molecular flexibility index (Phi) is 2.01. The molecule has 2 unspecified atom stereocenters. The third-order valence-electron chi connectivity index (χ3n) is 3.36. The van der Waals surface area contributed by atoms with E-state index < -0.39 is 0 Å². The molecule has 2 saturated heterocycles. The maximum absolute atomic E-state index is 11.8. The Morgan fingerprint density at radius 3 is 2.50 bits per heavy atom. The van der Waals surface area contributed by atoms with E-state index in [4.69, 9.17) is 0 Å². The summed E-state index contributed by atoms with van der Waals surface area (Å²) in [7, 11) is 1.71. The van der Waals surface area contributed by atoms with Crippen LogP contribution in [0.15, 0.2) is 0 Å². The van der Waals surface area contributed by atoms with Gasteiger partial charge in [0.15, 0.2) is 0 Å². The zero-order valence-electron chi connectivity index (χ0n) is 8.86. The zero-order chi connectivity index (χ0) is 10.5. The van der Waals surface area contributed by atoms with Gasteiger partial charge in [0.2, 0.25) is 11.8 Å². The third kappa shape index (κ3) is 1.13. The van der Waals surface area contributed by atoms with E-state index in [0.29, 0.717) is 5.92 Å². The van der Waals surface area contributed by atoms with Gasteiger partial charge in [-0.25, -0.2) is 0 Å². The lowest BCUT2D eigenvalue weighted by Gasteiger charge is -2.38. The highest BCUT2D eigenvalue weighted by atomic mass is 16.2. The molecule has 0 aliphatic carbocycles. The Balaban J connectivity index is 2.28. The molecule has 2 heterocycles. The van der Waals surface area contributed by atoms with Gasteiger partial charge in [0.1, 0.15) is 12.1 Å². The second-order valence-corrected chi connectivity index (χ2v) is 4.47. The molecule has 0 radical (unpaired) electrons. The fraction of sp³-hybridized carbons (Fsp3) is 0.800. The van der Waals surface area contributed by atoms with Gasteiger partial charge < -0.3 is 9.80 Å². The molecule has 2 aliphatic rings. The van der Waals surface area contributed by atoms with Crippen molar-refractivity contribution in [1.82, 2.24) is 9.80 Å². The fourth-order valence-corrected chi connectivity index (χ4v) is 2.36. The smallest absolute Gasteiger partial charge is 0.245 e. The van der Waals surface area contributed by atoms with E-state index in [-0.39, 0.29) is 23.9 Å². The highest BCUT2D eigenvalue weighted by molar-refractivity contribution is 5.97. The Morgan fingerprint density at radius 2 is 1.86 bits per heavy atom. The molecule has 3 atom stereocenters. The van der Waals surface area contributed by atoms with Gasteiger partial charge in [-0.3, -0.25) is 9.59 Å². The van der Waals surface area contributed by atoms with Crippen molar-refractivity contribution in [1.29, 1.82) is 0 Å². The highest BCUT2D eigenvalue weighted by Crippen LogP contribution is 2.29. The number of likely N-dealkylation sites (N-methyl/N-ethyl adjacent to an activating group) is 1. The monoisotopic (exact) mass is 196 g/mol. The van der Waals surface area contributed by atoms with E-state index in [1.807, 2.05) is 0 Å². The Labute approximate surface area is 83.9 Å². The normalized spacial score (nSPS) is 37.8. The lowest BCUT2D eigenvalue weighted by atomic mass is 10.0. The molecule has 2 rings (SSSR count). The maximum atomic E-state index is 11.8. The van der Waals surface area contributed by atoms with Crippen LogP contribution in [-0.2, 0) is 9.59 Å². The van der Waals surface area contributed by atoms with Crippen molar-refractivity contribution < 1.29 is 9.59 Å². The Bertz CT molecular complexity index is 262. The summed E-state index contributed by atoms with van der Waals surface area (Å²) in [4.78, 5) is 27.0. The van der Waals surface area contributed by atoms with Crippen molar-refractivity contribution in [2.45, 2.75) is 32.4 Å². The van der Waals surface area contributed by atoms with Crippen molar-refractivity contribution in [3.8, 4) is 0 Å². The van der Waals surface area contributed by atoms with Gasteiger partial charge in [-0.1, -0.05) is 6.92 Å². The first kappa shape index (κ1) is 9.49. The topological polar surface area (TPSA) is 40.6 Å². The molecular formula is C10H16N2O2. The lowest BCUT2D eigenvalue weighted by Crippen LogP contribution is -2.60. The third-order valence-corrected chi connectivity index (χ3v) is 3.36. The minimum Gasteiger partial charge on any atom is -0.332 e. The molecule has 0 aromatic carbocycles. The standard InChI is InChI=1S/C10H16N2O2/c1-6-4-8-10(14)11(3)7(2)9(13)12(8)5-6/h6-8H,4-5H2,1-3H3/t6-,7?,8?/m0/s1. The van der Waals surface area contributed by atoms with Crippen LogP contribution in [0.4, 0.5) is 0 Å². The van der Waals surface area contributed by atoms with Crippen LogP contribution in [0.2, 0.25) is 0 Å². The van der Waals surface area contributed by atoms with Gasteiger partial charge in [-0.05, 0) is 19.3 Å². The van der Waals surface area contributed by atoms with Gasteiger partial charge in [0.05, 0.1) is 0 Å². The minimum absolute atomic E-state index is 0.0986. The predicted octanol–water partition coefficient (Wildman–Crippen LogP) is 0.0839. The van der Waals surface area contributed by atoms with E-state index in [1.165, 1.54) is 0 Å². The number of hydrogen-bond donors (Lipinski definition) is 0. The van der Waals surface area contributed by atoms with Crippen LogP contribution in [0.5, 0.6) is 0 Å². The summed E-state index contributed by atoms with van der Waals surface area (Å²) in [5, 5.41) is 0. The molecule has 14 heavy (non-hydrogen) atoms. The molecule has 2 aliphatic heterocycles. The van der Waals surface area contributed by atoms with Gasteiger partial charge >= 0.3 is 0 Å². The van der Waals surface area contributed by atoms with Crippen molar-refractivity contribution in [2.75, 3.05) is 13.6 Å². The van der Waals surface area contributed by atoms with Crippen LogP contribution < -0.4 is 0 Å². The second-order valence-electron chi connectivity index (χ2n) is 4.47. The number of hydrogen-bond acceptors (Lipinski definition) is 2. The van der Waals surface area contributed by atoms with Crippen LogP contribution in [0.25, 0.3) is 0 Å². The largest absolute Gasteiger partial charge is 0.332 e. The van der Waals surface area contributed by atoms with Crippen LogP contribution >= 0.6 is 0 Å². The summed E-state index contributed by atoms with van der Waals surface area (Å²) in [6.45, 7) is 4.62. The van der Waals surface area contributed by atoms with Crippen LogP contribution in [0.3, 0.4) is 0 Å². The van der Waals surface area contributed by atoms with E-state index >= 15 is 0 Å². The number of fused-ring (bicyclic) bond motifs is 1. The lowest BCUT2D eigenvalue weighted by molar-refractivity contribution is -0.156. The first-order valence-corrected chi connectivity index (χ1v) is 5.09. The molecular weight excluding hydrogens is 180 g/mol.